The van der Waals surface area contributed by atoms with Crippen LogP contribution in [0.3, 0.4) is 0 Å². The second-order valence-corrected chi connectivity index (χ2v) is 4.74. The fourth-order valence-corrected chi connectivity index (χ4v) is 2.00. The van der Waals surface area contributed by atoms with Crippen molar-refractivity contribution in [2.24, 2.45) is 0 Å². The number of rotatable bonds is 4. The van der Waals surface area contributed by atoms with Crippen molar-refractivity contribution in [1.82, 2.24) is 19.7 Å². The third kappa shape index (κ3) is 2.59. The Hall–Kier alpha value is -1.91. The van der Waals surface area contributed by atoms with Gasteiger partial charge in [-0.15, -0.1) is 0 Å². The molecular weight excluding hydrogens is 238 g/mol. The van der Waals surface area contributed by atoms with E-state index in [2.05, 4.69) is 41.2 Å². The van der Waals surface area contributed by atoms with Gasteiger partial charge in [-0.1, -0.05) is 6.92 Å². The van der Waals surface area contributed by atoms with Crippen LogP contribution in [0.5, 0.6) is 0 Å². The second-order valence-electron chi connectivity index (χ2n) is 4.74. The highest BCUT2D eigenvalue weighted by molar-refractivity contribution is 5.42. The van der Waals surface area contributed by atoms with Gasteiger partial charge in [-0.2, -0.15) is 5.10 Å². The first-order chi connectivity index (χ1) is 9.06. The summed E-state index contributed by atoms with van der Waals surface area (Å²) in [7, 11) is 1.87. The van der Waals surface area contributed by atoms with E-state index in [0.717, 1.165) is 41.7 Å². The van der Waals surface area contributed by atoms with Gasteiger partial charge in [0.05, 0.1) is 5.69 Å². The van der Waals surface area contributed by atoms with Crippen molar-refractivity contribution in [2.45, 2.75) is 40.5 Å². The number of nitrogens with one attached hydrogen (secondary N) is 1. The lowest BCUT2D eigenvalue weighted by atomic mass is 10.2. The smallest absolute Gasteiger partial charge is 0.159 e. The monoisotopic (exact) mass is 259 g/mol. The molecule has 0 amide bonds. The molecule has 5 nitrogen and oxygen atoms in total. The van der Waals surface area contributed by atoms with Crippen molar-refractivity contribution in [2.75, 3.05) is 12.4 Å². The Morgan fingerprint density at radius 3 is 2.47 bits per heavy atom. The molecule has 0 fully saturated rings. The lowest BCUT2D eigenvalue weighted by Crippen LogP contribution is -2.08. The first-order valence-corrected chi connectivity index (χ1v) is 6.65. The Labute approximate surface area is 114 Å². The standard InChI is InChI=1S/C14H21N5/c1-6-7-12-16-13(15-5)8-14(17-12)19-11(4)9(2)10(3)18-19/h8H,6-7H2,1-5H3,(H,15,16,17). The van der Waals surface area contributed by atoms with Gasteiger partial charge in [0.2, 0.25) is 0 Å². The Balaban J connectivity index is 2.54. The van der Waals surface area contributed by atoms with Crippen LogP contribution in [0.25, 0.3) is 5.82 Å². The van der Waals surface area contributed by atoms with Gasteiger partial charge in [0.15, 0.2) is 5.82 Å². The molecule has 2 aromatic rings. The van der Waals surface area contributed by atoms with Crippen molar-refractivity contribution in [3.8, 4) is 5.82 Å². The molecule has 0 aromatic carbocycles. The molecule has 102 valence electrons. The third-order valence-corrected chi connectivity index (χ3v) is 3.36. The van der Waals surface area contributed by atoms with Crippen LogP contribution < -0.4 is 5.32 Å². The van der Waals surface area contributed by atoms with Crippen LogP contribution in [0.4, 0.5) is 5.82 Å². The van der Waals surface area contributed by atoms with Gasteiger partial charge in [0, 0.05) is 25.2 Å². The molecular formula is C14H21N5. The molecule has 0 aliphatic rings. The van der Waals surface area contributed by atoms with E-state index in [1.165, 1.54) is 5.56 Å². The maximum Gasteiger partial charge on any atom is 0.159 e. The van der Waals surface area contributed by atoms with Gasteiger partial charge in [0.25, 0.3) is 0 Å². The summed E-state index contributed by atoms with van der Waals surface area (Å²) in [6.07, 6.45) is 1.91. The van der Waals surface area contributed by atoms with Crippen LogP contribution in [-0.2, 0) is 6.42 Å². The number of aryl methyl sites for hydroxylation is 2. The molecule has 5 heteroatoms. The van der Waals surface area contributed by atoms with Gasteiger partial charge in [-0.3, -0.25) is 0 Å². The summed E-state index contributed by atoms with van der Waals surface area (Å²) in [5.41, 5.74) is 3.38. The van der Waals surface area contributed by atoms with E-state index in [4.69, 9.17) is 0 Å². The number of anilines is 1. The molecule has 2 heterocycles. The molecule has 2 rings (SSSR count). The number of hydrogen-bond donors (Lipinski definition) is 1. The zero-order chi connectivity index (χ0) is 14.0. The fraction of sp³-hybridized carbons (Fsp3) is 0.500. The van der Waals surface area contributed by atoms with E-state index in [9.17, 15) is 0 Å². The van der Waals surface area contributed by atoms with Crippen LogP contribution in [0, 0.1) is 20.8 Å². The molecule has 0 aliphatic heterocycles. The second kappa shape index (κ2) is 5.38. The summed E-state index contributed by atoms with van der Waals surface area (Å²) >= 11 is 0. The maximum atomic E-state index is 4.61. The summed E-state index contributed by atoms with van der Waals surface area (Å²) in [5, 5.41) is 7.64. The first kappa shape index (κ1) is 13.5. The highest BCUT2D eigenvalue weighted by Crippen LogP contribution is 2.17. The van der Waals surface area contributed by atoms with E-state index >= 15 is 0 Å². The summed E-state index contributed by atoms with van der Waals surface area (Å²) < 4.78 is 1.90. The average molecular weight is 259 g/mol. The predicted molar refractivity (Wildman–Crippen MR) is 76.9 cm³/mol. The number of nitrogens with zero attached hydrogens (tertiary/aromatic N) is 4. The largest absolute Gasteiger partial charge is 0.373 e. The van der Waals surface area contributed by atoms with Gasteiger partial charge in [-0.25, -0.2) is 14.6 Å². The van der Waals surface area contributed by atoms with Gasteiger partial charge >= 0.3 is 0 Å². The lowest BCUT2D eigenvalue weighted by molar-refractivity contribution is 0.766. The van der Waals surface area contributed by atoms with Crippen molar-refractivity contribution in [3.63, 3.8) is 0 Å². The van der Waals surface area contributed by atoms with E-state index in [1.807, 2.05) is 24.7 Å². The van der Waals surface area contributed by atoms with Crippen LogP contribution in [0.1, 0.15) is 36.1 Å². The van der Waals surface area contributed by atoms with Gasteiger partial charge in [0.1, 0.15) is 11.6 Å². The van der Waals surface area contributed by atoms with E-state index in [1.54, 1.807) is 0 Å². The normalized spacial score (nSPS) is 10.8. The maximum absolute atomic E-state index is 4.61. The van der Waals surface area contributed by atoms with Crippen LogP contribution in [0.2, 0.25) is 0 Å². The van der Waals surface area contributed by atoms with Crippen molar-refractivity contribution >= 4 is 5.82 Å². The predicted octanol–water partition coefficient (Wildman–Crippen LogP) is 2.58. The number of aromatic nitrogens is 4. The molecule has 0 spiro atoms. The quantitative estimate of drug-likeness (QED) is 0.917. The minimum absolute atomic E-state index is 0.830. The van der Waals surface area contributed by atoms with Gasteiger partial charge < -0.3 is 5.32 Å². The zero-order valence-corrected chi connectivity index (χ0v) is 12.3. The molecule has 0 bridgehead atoms. The fourth-order valence-electron chi connectivity index (χ4n) is 2.00. The van der Waals surface area contributed by atoms with Crippen molar-refractivity contribution < 1.29 is 0 Å². The molecule has 1 N–H and O–H groups in total. The molecule has 0 unspecified atom stereocenters. The topological polar surface area (TPSA) is 55.6 Å². The third-order valence-electron chi connectivity index (χ3n) is 3.36. The highest BCUT2D eigenvalue weighted by Gasteiger charge is 2.12. The SMILES string of the molecule is CCCc1nc(NC)cc(-n2nc(C)c(C)c2C)n1. The molecule has 19 heavy (non-hydrogen) atoms. The Morgan fingerprint density at radius 2 is 1.95 bits per heavy atom. The first-order valence-electron chi connectivity index (χ1n) is 6.65. The molecule has 0 atom stereocenters. The summed E-state index contributed by atoms with van der Waals surface area (Å²) in [6, 6.07) is 1.93. The molecule has 0 aliphatic carbocycles. The molecule has 2 aromatic heterocycles. The highest BCUT2D eigenvalue weighted by atomic mass is 15.3. The van der Waals surface area contributed by atoms with Gasteiger partial charge in [-0.05, 0) is 32.8 Å². The molecule has 0 radical (unpaired) electrons. The van der Waals surface area contributed by atoms with Crippen molar-refractivity contribution in [1.29, 1.82) is 0 Å². The van der Waals surface area contributed by atoms with Crippen LogP contribution in [-0.4, -0.2) is 26.8 Å². The van der Waals surface area contributed by atoms with Crippen LogP contribution in [0.15, 0.2) is 6.07 Å². The Bertz CT molecular complexity index is 586. The van der Waals surface area contributed by atoms with E-state index < -0.39 is 0 Å². The average Bonchev–Trinajstić information content (AvgIpc) is 2.66. The zero-order valence-electron chi connectivity index (χ0n) is 12.3. The minimum atomic E-state index is 0.830. The molecule has 0 saturated heterocycles. The molecule has 0 saturated carbocycles. The van der Waals surface area contributed by atoms with Crippen molar-refractivity contribution in [3.05, 3.63) is 28.8 Å². The summed E-state index contributed by atoms with van der Waals surface area (Å²) in [6.45, 7) is 8.30. The van der Waals surface area contributed by atoms with E-state index in [-0.39, 0.29) is 0 Å². The summed E-state index contributed by atoms with van der Waals surface area (Å²) in [4.78, 5) is 9.07. The minimum Gasteiger partial charge on any atom is -0.373 e. The Morgan fingerprint density at radius 1 is 1.21 bits per heavy atom. The van der Waals surface area contributed by atoms with E-state index in [0.29, 0.717) is 0 Å². The summed E-state index contributed by atoms with van der Waals surface area (Å²) in [5.74, 6) is 2.52. The number of hydrogen-bond acceptors (Lipinski definition) is 4. The Kier molecular flexibility index (Phi) is 3.83. The van der Waals surface area contributed by atoms with Crippen LogP contribution >= 0.6 is 0 Å². The lowest BCUT2D eigenvalue weighted by Gasteiger charge is -2.08.